The second-order valence-corrected chi connectivity index (χ2v) is 5.59. The summed E-state index contributed by atoms with van der Waals surface area (Å²) in [6.07, 6.45) is 0. The fourth-order valence-electron chi connectivity index (χ4n) is 2.05. The lowest BCUT2D eigenvalue weighted by molar-refractivity contribution is -0.0493. The van der Waals surface area contributed by atoms with Gasteiger partial charge in [0.25, 0.3) is 5.91 Å². The molecule has 1 heterocycles. The average molecular weight is 346 g/mol. The number of hydrogen-bond acceptors (Lipinski definition) is 4. The van der Waals surface area contributed by atoms with Gasteiger partial charge in [-0.05, 0) is 12.1 Å². The second-order valence-electron chi connectivity index (χ2n) is 4.73. The lowest BCUT2D eigenvalue weighted by Crippen LogP contribution is -2.14. The molecule has 0 atom stereocenters. The number of ether oxygens (including phenoxy) is 1. The van der Waals surface area contributed by atoms with E-state index in [9.17, 15) is 13.6 Å². The molecular weight excluding hydrogens is 334 g/mol. The Balaban J connectivity index is 1.78. The fraction of sp³-hybridized carbons (Fsp3) is 0.0588. The molecule has 0 unspecified atom stereocenters. The topological polar surface area (TPSA) is 51.2 Å². The highest BCUT2D eigenvalue weighted by atomic mass is 32.1. The van der Waals surface area contributed by atoms with Crippen LogP contribution in [0, 0.1) is 0 Å². The molecule has 24 heavy (non-hydrogen) atoms. The van der Waals surface area contributed by atoms with Crippen LogP contribution in [-0.2, 0) is 0 Å². The van der Waals surface area contributed by atoms with E-state index in [1.54, 1.807) is 17.5 Å². The number of rotatable bonds is 5. The number of para-hydroxylation sites is 2. The monoisotopic (exact) mass is 346 g/mol. The summed E-state index contributed by atoms with van der Waals surface area (Å²) in [6.45, 7) is -2.97. The van der Waals surface area contributed by atoms with Crippen molar-refractivity contribution in [3.8, 4) is 16.3 Å². The number of carbonyl (C=O) groups is 1. The van der Waals surface area contributed by atoms with E-state index in [1.807, 2.05) is 30.3 Å². The Kier molecular flexibility index (Phi) is 4.81. The van der Waals surface area contributed by atoms with Crippen molar-refractivity contribution in [3.05, 3.63) is 65.7 Å². The largest absolute Gasteiger partial charge is 0.433 e. The number of thiazole rings is 1. The molecule has 3 aromatic rings. The highest BCUT2D eigenvalue weighted by Crippen LogP contribution is 2.27. The summed E-state index contributed by atoms with van der Waals surface area (Å²) in [5.41, 5.74) is 1.28. The Morgan fingerprint density at radius 2 is 1.79 bits per heavy atom. The Bertz CT molecular complexity index is 837. The minimum absolute atomic E-state index is 0.0978. The van der Waals surface area contributed by atoms with Gasteiger partial charge < -0.3 is 10.1 Å². The molecule has 2 aromatic carbocycles. The molecule has 0 aliphatic rings. The van der Waals surface area contributed by atoms with Crippen molar-refractivity contribution in [2.75, 3.05) is 5.32 Å². The van der Waals surface area contributed by atoms with E-state index < -0.39 is 12.5 Å². The quantitative estimate of drug-likeness (QED) is 0.731. The van der Waals surface area contributed by atoms with Crippen LogP contribution < -0.4 is 10.1 Å². The van der Waals surface area contributed by atoms with E-state index in [-0.39, 0.29) is 17.1 Å². The highest BCUT2D eigenvalue weighted by Gasteiger charge is 2.15. The van der Waals surface area contributed by atoms with Gasteiger partial charge in [0.1, 0.15) is 16.5 Å². The fourth-order valence-corrected chi connectivity index (χ4v) is 2.85. The van der Waals surface area contributed by atoms with E-state index in [0.29, 0.717) is 5.01 Å². The van der Waals surface area contributed by atoms with Gasteiger partial charge in [0, 0.05) is 10.9 Å². The molecule has 1 aromatic heterocycles. The predicted octanol–water partition coefficient (Wildman–Crippen LogP) is 4.66. The van der Waals surface area contributed by atoms with Gasteiger partial charge in [0.15, 0.2) is 0 Å². The van der Waals surface area contributed by atoms with Gasteiger partial charge >= 0.3 is 6.61 Å². The van der Waals surface area contributed by atoms with Crippen LogP contribution in [0.3, 0.4) is 0 Å². The van der Waals surface area contributed by atoms with Crippen LogP contribution in [0.15, 0.2) is 60.0 Å². The molecule has 3 rings (SSSR count). The van der Waals surface area contributed by atoms with Crippen LogP contribution >= 0.6 is 11.3 Å². The maximum absolute atomic E-state index is 12.4. The van der Waals surface area contributed by atoms with Crippen molar-refractivity contribution in [2.24, 2.45) is 0 Å². The number of halogens is 2. The van der Waals surface area contributed by atoms with Crippen molar-refractivity contribution >= 4 is 22.9 Å². The number of anilines is 1. The van der Waals surface area contributed by atoms with Gasteiger partial charge in [-0.2, -0.15) is 8.78 Å². The molecular formula is C17H12F2N2O2S. The number of hydrogen-bond donors (Lipinski definition) is 1. The van der Waals surface area contributed by atoms with Crippen LogP contribution in [0.5, 0.6) is 5.75 Å². The third-order valence-corrected chi connectivity index (χ3v) is 4.00. The summed E-state index contributed by atoms with van der Waals surface area (Å²) in [5, 5.41) is 4.87. The zero-order valence-electron chi connectivity index (χ0n) is 12.3. The normalized spacial score (nSPS) is 10.6. The zero-order chi connectivity index (χ0) is 16.9. The van der Waals surface area contributed by atoms with Crippen molar-refractivity contribution in [3.63, 3.8) is 0 Å². The van der Waals surface area contributed by atoms with Gasteiger partial charge in [-0.3, -0.25) is 4.79 Å². The molecule has 0 spiro atoms. The molecule has 0 aliphatic heterocycles. The van der Waals surface area contributed by atoms with Crippen LogP contribution in [0.2, 0.25) is 0 Å². The maximum Gasteiger partial charge on any atom is 0.387 e. The van der Waals surface area contributed by atoms with Crippen LogP contribution in [0.1, 0.15) is 10.5 Å². The predicted molar refractivity (Wildman–Crippen MR) is 88.6 cm³/mol. The SMILES string of the molecule is O=C(Nc1ccccc1OC(F)F)c1csc(-c2ccccc2)n1. The molecule has 0 radical (unpaired) electrons. The summed E-state index contributed by atoms with van der Waals surface area (Å²) < 4.78 is 29.2. The van der Waals surface area contributed by atoms with E-state index in [1.165, 1.54) is 23.5 Å². The Morgan fingerprint density at radius 1 is 1.08 bits per heavy atom. The molecule has 1 N–H and O–H groups in total. The van der Waals surface area contributed by atoms with Gasteiger partial charge in [0.2, 0.25) is 0 Å². The minimum Gasteiger partial charge on any atom is -0.433 e. The van der Waals surface area contributed by atoms with Gasteiger partial charge in [-0.25, -0.2) is 4.98 Å². The molecule has 0 fully saturated rings. The summed E-state index contributed by atoms with van der Waals surface area (Å²) in [5.74, 6) is -0.585. The number of benzene rings is 2. The average Bonchev–Trinajstić information content (AvgIpc) is 3.07. The summed E-state index contributed by atoms with van der Waals surface area (Å²) in [4.78, 5) is 16.6. The van der Waals surface area contributed by atoms with Crippen LogP contribution in [0.4, 0.5) is 14.5 Å². The lowest BCUT2D eigenvalue weighted by atomic mass is 10.2. The maximum atomic E-state index is 12.4. The van der Waals surface area contributed by atoms with E-state index in [4.69, 9.17) is 0 Å². The molecule has 0 bridgehead atoms. The Labute approximate surface area is 140 Å². The summed E-state index contributed by atoms with van der Waals surface area (Å²) in [7, 11) is 0. The van der Waals surface area contributed by atoms with Crippen molar-refractivity contribution in [2.45, 2.75) is 6.61 Å². The van der Waals surface area contributed by atoms with E-state index >= 15 is 0 Å². The van der Waals surface area contributed by atoms with Crippen molar-refractivity contribution in [1.29, 1.82) is 0 Å². The first-order chi connectivity index (χ1) is 11.6. The second kappa shape index (κ2) is 7.18. The Morgan fingerprint density at radius 3 is 2.54 bits per heavy atom. The zero-order valence-corrected chi connectivity index (χ0v) is 13.1. The lowest BCUT2D eigenvalue weighted by Gasteiger charge is -2.10. The molecule has 0 saturated carbocycles. The number of amides is 1. The van der Waals surface area contributed by atoms with Crippen LogP contribution in [0.25, 0.3) is 10.6 Å². The standard InChI is InChI=1S/C17H12F2N2O2S/c18-17(19)23-14-9-5-4-8-12(14)20-15(22)13-10-24-16(21-13)11-6-2-1-3-7-11/h1-10,17H,(H,20,22). The third-order valence-electron chi connectivity index (χ3n) is 3.11. The molecule has 0 aliphatic carbocycles. The van der Waals surface area contributed by atoms with Gasteiger partial charge in [-0.15, -0.1) is 11.3 Å². The Hall–Kier alpha value is -2.80. The number of alkyl halides is 2. The van der Waals surface area contributed by atoms with Crippen molar-refractivity contribution < 1.29 is 18.3 Å². The van der Waals surface area contributed by atoms with Gasteiger partial charge in [0.05, 0.1) is 5.69 Å². The number of carbonyl (C=O) groups excluding carboxylic acids is 1. The third kappa shape index (κ3) is 3.75. The number of nitrogens with zero attached hydrogens (tertiary/aromatic N) is 1. The van der Waals surface area contributed by atoms with Gasteiger partial charge in [-0.1, -0.05) is 42.5 Å². The minimum atomic E-state index is -2.97. The molecule has 122 valence electrons. The summed E-state index contributed by atoms with van der Waals surface area (Å²) in [6, 6.07) is 15.5. The van der Waals surface area contributed by atoms with Crippen molar-refractivity contribution in [1.82, 2.24) is 4.98 Å². The molecule has 4 nitrogen and oxygen atoms in total. The first-order valence-corrected chi connectivity index (χ1v) is 7.87. The first kappa shape index (κ1) is 16.1. The molecule has 0 saturated heterocycles. The molecule has 1 amide bonds. The summed E-state index contributed by atoms with van der Waals surface area (Å²) >= 11 is 1.33. The highest BCUT2D eigenvalue weighted by molar-refractivity contribution is 7.13. The van der Waals surface area contributed by atoms with E-state index in [0.717, 1.165) is 5.56 Å². The molecule has 7 heteroatoms. The van der Waals surface area contributed by atoms with E-state index in [2.05, 4.69) is 15.0 Å². The number of nitrogens with one attached hydrogen (secondary N) is 1. The van der Waals surface area contributed by atoms with Crippen LogP contribution in [-0.4, -0.2) is 17.5 Å². The smallest absolute Gasteiger partial charge is 0.387 e. The number of aromatic nitrogens is 1. The first-order valence-electron chi connectivity index (χ1n) is 6.99.